The highest BCUT2D eigenvalue weighted by Gasteiger charge is 2.28. The lowest BCUT2D eigenvalue weighted by atomic mass is 10.0. The van der Waals surface area contributed by atoms with Crippen LogP contribution < -0.4 is 0 Å². The van der Waals surface area contributed by atoms with Crippen molar-refractivity contribution in [3.63, 3.8) is 0 Å². The van der Waals surface area contributed by atoms with Crippen molar-refractivity contribution in [1.29, 1.82) is 0 Å². The van der Waals surface area contributed by atoms with E-state index >= 15 is 0 Å². The minimum atomic E-state index is -0.687. The van der Waals surface area contributed by atoms with Crippen molar-refractivity contribution in [3.05, 3.63) is 40.6 Å². The molecule has 5 heteroatoms. The number of hydrogen-bond donors (Lipinski definition) is 0. The molecule has 1 aromatic heterocycles. The average molecular weight is 284 g/mol. The Morgan fingerprint density at radius 3 is 2.42 bits per heavy atom. The molecule has 0 unspecified atom stereocenters. The fourth-order valence-corrected chi connectivity index (χ4v) is 2.93. The van der Waals surface area contributed by atoms with Gasteiger partial charge in [-0.3, -0.25) is 0 Å². The number of aromatic nitrogens is 1. The first-order valence-corrected chi connectivity index (χ1v) is 6.65. The first kappa shape index (κ1) is 12.6. The van der Waals surface area contributed by atoms with Crippen LogP contribution in [0.1, 0.15) is 37.4 Å². The van der Waals surface area contributed by atoms with Crippen LogP contribution in [0.2, 0.25) is 5.02 Å². The molecule has 0 spiro atoms. The fourth-order valence-electron chi connectivity index (χ4n) is 2.61. The third kappa shape index (κ3) is 2.14. The third-order valence-electron chi connectivity index (χ3n) is 3.59. The van der Waals surface area contributed by atoms with E-state index in [4.69, 9.17) is 16.1 Å². The average Bonchev–Trinajstić information content (AvgIpc) is 3.00. The van der Waals surface area contributed by atoms with Crippen molar-refractivity contribution >= 4 is 11.6 Å². The van der Waals surface area contributed by atoms with Crippen molar-refractivity contribution in [3.8, 4) is 11.3 Å². The molecule has 1 aliphatic rings. The molecule has 100 valence electrons. The molecule has 0 bridgehead atoms. The van der Waals surface area contributed by atoms with E-state index in [2.05, 4.69) is 5.16 Å². The highest BCUT2D eigenvalue weighted by molar-refractivity contribution is 6.33. The van der Waals surface area contributed by atoms with Gasteiger partial charge in [0.1, 0.15) is 22.4 Å². The zero-order valence-corrected chi connectivity index (χ0v) is 10.9. The molecule has 0 aliphatic heterocycles. The molecule has 0 radical (unpaired) electrons. The predicted octanol–water partition coefficient (Wildman–Crippen LogP) is 4.93. The number of benzene rings is 1. The van der Waals surface area contributed by atoms with E-state index in [-0.39, 0.29) is 22.2 Å². The maximum Gasteiger partial charge on any atom is 0.159 e. The predicted molar refractivity (Wildman–Crippen MR) is 68.1 cm³/mol. The Morgan fingerprint density at radius 2 is 1.79 bits per heavy atom. The highest BCUT2D eigenvalue weighted by atomic mass is 35.5. The molecule has 0 atom stereocenters. The highest BCUT2D eigenvalue weighted by Crippen LogP contribution is 2.42. The van der Waals surface area contributed by atoms with Crippen molar-refractivity contribution in [2.75, 3.05) is 0 Å². The Labute approximate surface area is 114 Å². The first-order valence-electron chi connectivity index (χ1n) is 6.28. The molecular weight excluding hydrogens is 272 g/mol. The Kier molecular flexibility index (Phi) is 3.27. The van der Waals surface area contributed by atoms with Crippen LogP contribution in [0.15, 0.2) is 22.7 Å². The zero-order chi connectivity index (χ0) is 13.4. The summed E-state index contributed by atoms with van der Waals surface area (Å²) in [5, 5.41) is 4.00. The molecule has 2 aromatic rings. The molecule has 1 heterocycles. The van der Waals surface area contributed by atoms with Crippen LogP contribution in [0.4, 0.5) is 8.78 Å². The normalized spacial score (nSPS) is 16.2. The van der Waals surface area contributed by atoms with Crippen molar-refractivity contribution in [1.82, 2.24) is 5.16 Å². The van der Waals surface area contributed by atoms with E-state index in [0.717, 1.165) is 25.7 Å². The van der Waals surface area contributed by atoms with E-state index in [0.29, 0.717) is 5.76 Å². The van der Waals surface area contributed by atoms with Gasteiger partial charge in [-0.15, -0.1) is 0 Å². The lowest BCUT2D eigenvalue weighted by molar-refractivity contribution is 0.362. The SMILES string of the molecule is Fc1cccc(F)c1-c1noc(C2CCCC2)c1Cl. The summed E-state index contributed by atoms with van der Waals surface area (Å²) in [5.74, 6) is -0.609. The molecule has 0 saturated heterocycles. The van der Waals surface area contributed by atoms with Gasteiger partial charge in [-0.2, -0.15) is 0 Å². The van der Waals surface area contributed by atoms with E-state index < -0.39 is 11.6 Å². The molecule has 1 aliphatic carbocycles. The minimum absolute atomic E-state index is 0.0548. The van der Waals surface area contributed by atoms with Gasteiger partial charge in [0.15, 0.2) is 5.76 Å². The molecule has 0 N–H and O–H groups in total. The Balaban J connectivity index is 2.07. The van der Waals surface area contributed by atoms with Crippen LogP contribution in [0.25, 0.3) is 11.3 Å². The second kappa shape index (κ2) is 4.93. The summed E-state index contributed by atoms with van der Waals surface area (Å²) in [6.07, 6.45) is 4.19. The number of hydrogen-bond acceptors (Lipinski definition) is 2. The van der Waals surface area contributed by atoms with Crippen molar-refractivity contribution in [2.24, 2.45) is 0 Å². The molecule has 1 saturated carbocycles. The number of rotatable bonds is 2. The van der Waals surface area contributed by atoms with Gasteiger partial charge in [0, 0.05) is 5.92 Å². The van der Waals surface area contributed by atoms with Crippen LogP contribution in [0.5, 0.6) is 0 Å². The summed E-state index contributed by atoms with van der Waals surface area (Å²) in [6, 6.07) is 3.66. The van der Waals surface area contributed by atoms with Crippen molar-refractivity contribution in [2.45, 2.75) is 31.6 Å². The summed E-state index contributed by atoms with van der Waals surface area (Å²) in [7, 11) is 0. The van der Waals surface area contributed by atoms with Gasteiger partial charge in [-0.1, -0.05) is 35.7 Å². The fraction of sp³-hybridized carbons (Fsp3) is 0.357. The van der Waals surface area contributed by atoms with E-state index in [1.165, 1.54) is 18.2 Å². The molecule has 1 fully saturated rings. The maximum absolute atomic E-state index is 13.7. The molecule has 1 aromatic carbocycles. The van der Waals surface area contributed by atoms with Crippen LogP contribution in [-0.2, 0) is 0 Å². The zero-order valence-electron chi connectivity index (χ0n) is 10.1. The van der Waals surface area contributed by atoms with Gasteiger partial charge in [0.25, 0.3) is 0 Å². The molecule has 3 rings (SSSR count). The number of halogens is 3. The molecule has 0 amide bonds. The quantitative estimate of drug-likeness (QED) is 0.781. The van der Waals surface area contributed by atoms with Crippen LogP contribution in [0, 0.1) is 11.6 Å². The first-order chi connectivity index (χ1) is 9.18. The minimum Gasteiger partial charge on any atom is -0.359 e. The van der Waals surface area contributed by atoms with Crippen LogP contribution in [-0.4, -0.2) is 5.16 Å². The van der Waals surface area contributed by atoms with Gasteiger partial charge in [-0.05, 0) is 25.0 Å². The topological polar surface area (TPSA) is 26.0 Å². The lowest BCUT2D eigenvalue weighted by Gasteiger charge is -2.04. The molecular formula is C14H12ClF2NO. The third-order valence-corrected chi connectivity index (χ3v) is 3.95. The Morgan fingerprint density at radius 1 is 1.16 bits per heavy atom. The summed E-state index contributed by atoms with van der Waals surface area (Å²) >= 11 is 6.19. The van der Waals surface area contributed by atoms with Crippen molar-refractivity contribution < 1.29 is 13.3 Å². The Bertz CT molecular complexity index is 585. The van der Waals surface area contributed by atoms with Crippen LogP contribution in [0.3, 0.4) is 0 Å². The molecule has 19 heavy (non-hydrogen) atoms. The Hall–Kier alpha value is -1.42. The largest absolute Gasteiger partial charge is 0.359 e. The van der Waals surface area contributed by atoms with Gasteiger partial charge < -0.3 is 4.52 Å². The van der Waals surface area contributed by atoms with E-state index in [1.807, 2.05) is 0 Å². The summed E-state index contributed by atoms with van der Waals surface area (Å²) in [6.45, 7) is 0. The van der Waals surface area contributed by atoms with Gasteiger partial charge in [0.2, 0.25) is 0 Å². The van der Waals surface area contributed by atoms with E-state index in [9.17, 15) is 8.78 Å². The van der Waals surface area contributed by atoms with E-state index in [1.54, 1.807) is 0 Å². The summed E-state index contributed by atoms with van der Waals surface area (Å²) < 4.78 is 32.7. The lowest BCUT2D eigenvalue weighted by Crippen LogP contribution is -1.92. The molecule has 2 nitrogen and oxygen atoms in total. The maximum atomic E-state index is 13.7. The summed E-state index contributed by atoms with van der Waals surface area (Å²) in [4.78, 5) is 0. The second-order valence-corrected chi connectivity index (χ2v) is 5.17. The van der Waals surface area contributed by atoms with Crippen LogP contribution >= 0.6 is 11.6 Å². The summed E-state index contributed by atoms with van der Waals surface area (Å²) in [5.41, 5.74) is -0.167. The number of nitrogens with zero attached hydrogens (tertiary/aromatic N) is 1. The smallest absolute Gasteiger partial charge is 0.159 e. The standard InChI is InChI=1S/C14H12ClF2NO/c15-12-13(11-9(16)6-3-7-10(11)17)18-19-14(12)8-4-1-2-5-8/h3,6-8H,1-2,4-5H2. The monoisotopic (exact) mass is 283 g/mol. The van der Waals surface area contributed by atoms with Gasteiger partial charge in [-0.25, -0.2) is 8.78 Å². The van der Waals surface area contributed by atoms with Gasteiger partial charge >= 0.3 is 0 Å². The second-order valence-electron chi connectivity index (χ2n) is 4.79. The van der Waals surface area contributed by atoms with Gasteiger partial charge in [0.05, 0.1) is 5.56 Å².